The van der Waals surface area contributed by atoms with Crippen LogP contribution in [0.2, 0.25) is 0 Å². The molecule has 1 unspecified atom stereocenters. The van der Waals surface area contributed by atoms with Crippen LogP contribution in [0.3, 0.4) is 0 Å². The first-order valence-corrected chi connectivity index (χ1v) is 7.90. The molecular formula is C17H22ClN3OS. The number of pyridine rings is 1. The molecule has 6 heteroatoms. The van der Waals surface area contributed by atoms with Gasteiger partial charge in [-0.1, -0.05) is 12.2 Å². The summed E-state index contributed by atoms with van der Waals surface area (Å²) >= 11 is 5.64. The highest BCUT2D eigenvalue weighted by Gasteiger charge is 2.24. The quantitative estimate of drug-likeness (QED) is 0.793. The molecule has 0 N–H and O–H groups in total. The first kappa shape index (κ1) is 17.9. The SMILES string of the molecule is CN(C)CCC1CN(C)C(=S)c2cc3ccncc3cc2O1.Cl. The summed E-state index contributed by atoms with van der Waals surface area (Å²) in [7, 11) is 6.20. The van der Waals surface area contributed by atoms with Crippen LogP contribution in [-0.4, -0.2) is 60.1 Å². The summed E-state index contributed by atoms with van der Waals surface area (Å²) in [5.41, 5.74) is 1.00. The average molecular weight is 352 g/mol. The number of ether oxygens (including phenoxy) is 1. The van der Waals surface area contributed by atoms with Crippen molar-refractivity contribution in [2.45, 2.75) is 12.5 Å². The Bertz CT molecular complexity index is 707. The lowest BCUT2D eigenvalue weighted by atomic mass is 10.1. The predicted molar refractivity (Wildman–Crippen MR) is 101 cm³/mol. The Hall–Kier alpha value is -1.43. The zero-order valence-corrected chi connectivity index (χ0v) is 15.3. The molecule has 0 amide bonds. The average Bonchev–Trinajstić information content (AvgIpc) is 2.61. The highest BCUT2D eigenvalue weighted by Crippen LogP contribution is 2.30. The number of benzene rings is 1. The first-order chi connectivity index (χ1) is 10.5. The van der Waals surface area contributed by atoms with Gasteiger partial charge in [-0.2, -0.15) is 0 Å². The molecule has 0 spiro atoms. The number of rotatable bonds is 3. The summed E-state index contributed by atoms with van der Waals surface area (Å²) in [5, 5.41) is 2.22. The number of aromatic nitrogens is 1. The van der Waals surface area contributed by atoms with E-state index >= 15 is 0 Å². The van der Waals surface area contributed by atoms with Gasteiger partial charge in [-0.15, -0.1) is 12.4 Å². The summed E-state index contributed by atoms with van der Waals surface area (Å²) in [6, 6.07) is 6.18. The third kappa shape index (κ3) is 3.91. The Balaban J connectivity index is 0.00000192. The van der Waals surface area contributed by atoms with E-state index in [1.165, 1.54) is 0 Å². The minimum atomic E-state index is 0. The molecule has 3 rings (SSSR count). The second kappa shape index (κ2) is 7.43. The van der Waals surface area contributed by atoms with Gasteiger partial charge in [-0.05, 0) is 44.1 Å². The maximum absolute atomic E-state index is 6.27. The zero-order valence-electron chi connectivity index (χ0n) is 13.7. The molecule has 1 aliphatic heterocycles. The summed E-state index contributed by atoms with van der Waals surface area (Å²) in [5.74, 6) is 0.874. The van der Waals surface area contributed by atoms with Crippen molar-refractivity contribution in [3.63, 3.8) is 0 Å². The van der Waals surface area contributed by atoms with E-state index in [9.17, 15) is 0 Å². The van der Waals surface area contributed by atoms with Gasteiger partial charge in [0.1, 0.15) is 16.8 Å². The van der Waals surface area contributed by atoms with Crippen LogP contribution in [0.25, 0.3) is 10.8 Å². The maximum Gasteiger partial charge on any atom is 0.130 e. The second-order valence-corrected chi connectivity index (χ2v) is 6.48. The van der Waals surface area contributed by atoms with Crippen molar-refractivity contribution in [3.8, 4) is 5.75 Å². The Kier molecular flexibility index (Phi) is 5.79. The molecule has 1 aliphatic rings. The molecule has 0 radical (unpaired) electrons. The molecule has 1 atom stereocenters. The molecule has 124 valence electrons. The van der Waals surface area contributed by atoms with Gasteiger partial charge in [0.05, 0.1) is 12.1 Å². The van der Waals surface area contributed by atoms with Gasteiger partial charge in [0.15, 0.2) is 0 Å². The van der Waals surface area contributed by atoms with E-state index in [2.05, 4.69) is 41.0 Å². The highest BCUT2D eigenvalue weighted by molar-refractivity contribution is 7.80. The van der Waals surface area contributed by atoms with Gasteiger partial charge in [0, 0.05) is 31.4 Å². The number of thiocarbonyl (C=S) groups is 1. The molecule has 1 aromatic heterocycles. The van der Waals surface area contributed by atoms with E-state index in [1.54, 1.807) is 6.20 Å². The Morgan fingerprint density at radius 2 is 2.13 bits per heavy atom. The lowest BCUT2D eigenvalue weighted by molar-refractivity contribution is 0.160. The normalized spacial score (nSPS) is 17.5. The minimum absolute atomic E-state index is 0. The van der Waals surface area contributed by atoms with E-state index in [0.717, 1.165) is 46.6 Å². The van der Waals surface area contributed by atoms with Gasteiger partial charge in [0.25, 0.3) is 0 Å². The van der Waals surface area contributed by atoms with Gasteiger partial charge in [-0.25, -0.2) is 0 Å². The summed E-state index contributed by atoms with van der Waals surface area (Å²) in [4.78, 5) is 9.34. The molecule has 0 fully saturated rings. The number of halogens is 1. The largest absolute Gasteiger partial charge is 0.488 e. The summed E-state index contributed by atoms with van der Waals surface area (Å²) < 4.78 is 6.27. The van der Waals surface area contributed by atoms with E-state index in [1.807, 2.05) is 19.3 Å². The van der Waals surface area contributed by atoms with E-state index in [4.69, 9.17) is 17.0 Å². The third-order valence-corrected chi connectivity index (χ3v) is 4.52. The van der Waals surface area contributed by atoms with Gasteiger partial charge in [0.2, 0.25) is 0 Å². The van der Waals surface area contributed by atoms with E-state index in [-0.39, 0.29) is 18.5 Å². The van der Waals surface area contributed by atoms with Gasteiger partial charge >= 0.3 is 0 Å². The van der Waals surface area contributed by atoms with Crippen molar-refractivity contribution in [2.75, 3.05) is 34.2 Å². The molecule has 0 saturated heterocycles. The molecule has 1 aromatic carbocycles. The number of fused-ring (bicyclic) bond motifs is 2. The Labute approximate surface area is 148 Å². The van der Waals surface area contributed by atoms with Crippen molar-refractivity contribution in [2.24, 2.45) is 0 Å². The van der Waals surface area contributed by atoms with E-state index in [0.29, 0.717) is 0 Å². The first-order valence-electron chi connectivity index (χ1n) is 7.49. The van der Waals surface area contributed by atoms with Crippen LogP contribution in [0, 0.1) is 0 Å². The Morgan fingerprint density at radius 1 is 1.35 bits per heavy atom. The third-order valence-electron chi connectivity index (χ3n) is 3.99. The smallest absolute Gasteiger partial charge is 0.130 e. The zero-order chi connectivity index (χ0) is 15.7. The van der Waals surface area contributed by atoms with Crippen molar-refractivity contribution in [3.05, 3.63) is 36.2 Å². The number of hydrogen-bond acceptors (Lipinski definition) is 4. The molecule has 4 nitrogen and oxygen atoms in total. The molecule has 2 aromatic rings. The molecule has 0 aliphatic carbocycles. The van der Waals surface area contributed by atoms with Crippen molar-refractivity contribution >= 4 is 40.4 Å². The van der Waals surface area contributed by atoms with Gasteiger partial charge < -0.3 is 14.5 Å². The standard InChI is InChI=1S/C17H21N3OS.ClH/c1-19(2)7-5-14-11-20(3)17(22)15-8-12-4-6-18-10-13(12)9-16(15)21-14;/h4,6,8-10,14H,5,7,11H2,1-3H3;1H. The van der Waals surface area contributed by atoms with Crippen LogP contribution < -0.4 is 4.74 Å². The van der Waals surface area contributed by atoms with E-state index < -0.39 is 0 Å². The van der Waals surface area contributed by atoms with Crippen molar-refractivity contribution in [1.29, 1.82) is 0 Å². The summed E-state index contributed by atoms with van der Waals surface area (Å²) in [6.45, 7) is 1.81. The van der Waals surface area contributed by atoms with Crippen LogP contribution in [-0.2, 0) is 0 Å². The molecule has 23 heavy (non-hydrogen) atoms. The van der Waals surface area contributed by atoms with Crippen LogP contribution in [0.1, 0.15) is 12.0 Å². The predicted octanol–water partition coefficient (Wildman–Crippen LogP) is 2.98. The van der Waals surface area contributed by atoms with Crippen molar-refractivity contribution in [1.82, 2.24) is 14.8 Å². The number of nitrogens with zero attached hydrogens (tertiary/aromatic N) is 3. The lowest BCUT2D eigenvalue weighted by Crippen LogP contribution is -2.35. The minimum Gasteiger partial charge on any atom is -0.488 e. The fourth-order valence-corrected chi connectivity index (χ4v) is 2.98. The fraction of sp³-hybridized carbons (Fsp3) is 0.412. The Morgan fingerprint density at radius 3 is 2.87 bits per heavy atom. The monoisotopic (exact) mass is 351 g/mol. The number of likely N-dealkylation sites (N-methyl/N-ethyl adjacent to an activating group) is 1. The van der Waals surface area contributed by atoms with Crippen LogP contribution in [0.4, 0.5) is 0 Å². The highest BCUT2D eigenvalue weighted by atomic mass is 35.5. The summed E-state index contributed by atoms with van der Waals surface area (Å²) in [6.07, 6.45) is 4.79. The maximum atomic E-state index is 6.27. The second-order valence-electron chi connectivity index (χ2n) is 6.09. The molecule has 2 heterocycles. The lowest BCUT2D eigenvalue weighted by Gasteiger charge is -2.23. The van der Waals surface area contributed by atoms with Gasteiger partial charge in [-0.3, -0.25) is 4.98 Å². The van der Waals surface area contributed by atoms with Crippen LogP contribution >= 0.6 is 24.6 Å². The topological polar surface area (TPSA) is 28.6 Å². The van der Waals surface area contributed by atoms with Crippen LogP contribution in [0.5, 0.6) is 5.75 Å². The molecule has 0 saturated carbocycles. The molecular weight excluding hydrogens is 330 g/mol. The van der Waals surface area contributed by atoms with Crippen LogP contribution in [0.15, 0.2) is 30.6 Å². The fourth-order valence-electron chi connectivity index (χ4n) is 2.74. The molecule has 0 bridgehead atoms. The number of hydrogen-bond donors (Lipinski definition) is 0. The van der Waals surface area contributed by atoms with Crippen molar-refractivity contribution < 1.29 is 4.74 Å².